The molecular weight excluding hydrogens is 500 g/mol. The minimum Gasteiger partial charge on any atom is -0.481 e. The number of hydrogen-bond donors (Lipinski definition) is 9. The van der Waals surface area contributed by atoms with Crippen molar-refractivity contribution in [2.45, 2.75) is 89.4 Å². The third-order valence-corrected chi connectivity index (χ3v) is 5.48. The summed E-state index contributed by atoms with van der Waals surface area (Å²) in [7, 11) is 0. The zero-order chi connectivity index (χ0) is 29.3. The van der Waals surface area contributed by atoms with Gasteiger partial charge in [-0.3, -0.25) is 24.2 Å². The fourth-order valence-electron chi connectivity index (χ4n) is 3.50. The Hall–Kier alpha value is -3.46. The van der Waals surface area contributed by atoms with Crippen molar-refractivity contribution < 1.29 is 34.2 Å². The van der Waals surface area contributed by atoms with Crippen LogP contribution in [-0.2, 0) is 24.0 Å². The molecule has 0 heterocycles. The number of aliphatic imine (C=N–C) groups is 1. The molecule has 38 heavy (non-hydrogen) atoms. The number of carboxylic acid groups (broad SMARTS) is 2. The van der Waals surface area contributed by atoms with Crippen molar-refractivity contribution in [1.29, 1.82) is 0 Å². The van der Waals surface area contributed by atoms with E-state index in [0.29, 0.717) is 25.8 Å². The Morgan fingerprint density at radius 1 is 0.789 bits per heavy atom. The molecule has 13 N–H and O–H groups in total. The second-order valence-electron chi connectivity index (χ2n) is 9.42. The van der Waals surface area contributed by atoms with Gasteiger partial charge in [-0.15, -0.1) is 0 Å². The van der Waals surface area contributed by atoms with Crippen molar-refractivity contribution >= 4 is 35.6 Å². The molecule has 0 fully saturated rings. The predicted molar refractivity (Wildman–Crippen MR) is 141 cm³/mol. The van der Waals surface area contributed by atoms with Gasteiger partial charge in [-0.25, -0.2) is 4.79 Å². The van der Waals surface area contributed by atoms with Crippen LogP contribution in [0.5, 0.6) is 0 Å². The second-order valence-corrected chi connectivity index (χ2v) is 9.42. The van der Waals surface area contributed by atoms with Gasteiger partial charge >= 0.3 is 11.9 Å². The average Bonchev–Trinajstić information content (AvgIpc) is 2.81. The van der Waals surface area contributed by atoms with E-state index in [1.165, 1.54) is 0 Å². The largest absolute Gasteiger partial charge is 0.481 e. The molecule has 0 rings (SSSR count). The summed E-state index contributed by atoms with van der Waals surface area (Å²) >= 11 is 0. The van der Waals surface area contributed by atoms with Crippen LogP contribution in [0, 0.1) is 5.92 Å². The van der Waals surface area contributed by atoms with E-state index in [4.69, 9.17) is 28.0 Å². The van der Waals surface area contributed by atoms with Crippen LogP contribution in [0.25, 0.3) is 0 Å². The lowest BCUT2D eigenvalue weighted by Crippen LogP contribution is -2.57. The number of carboxylic acids is 2. The molecule has 0 aliphatic rings. The van der Waals surface area contributed by atoms with Crippen LogP contribution in [0.15, 0.2) is 4.99 Å². The molecular formula is C23H44N8O7. The fraction of sp³-hybridized carbons (Fsp3) is 0.739. The van der Waals surface area contributed by atoms with Gasteiger partial charge in [-0.05, 0) is 57.4 Å². The van der Waals surface area contributed by atoms with Crippen molar-refractivity contribution in [3.8, 4) is 0 Å². The molecule has 0 aromatic heterocycles. The van der Waals surface area contributed by atoms with E-state index < -0.39 is 60.2 Å². The number of rotatable bonds is 20. The standard InChI is InChI=1S/C23H44N8O7/c1-13(2)12-14(25)19(34)29-16(8-9-18(32)33)21(36)30-15(6-3-4-10-24)20(35)31-17(22(37)38)7-5-11-28-23(26)27/h13-17H,3-12,24-25H2,1-2H3,(H,29,34)(H,30,36)(H,31,35)(H,32,33)(H,37,38)(H4,26,27,28)/t14-,15-,16-,17-/m0/s1. The van der Waals surface area contributed by atoms with Crippen LogP contribution in [-0.4, -0.2) is 83.1 Å². The highest BCUT2D eigenvalue weighted by atomic mass is 16.4. The summed E-state index contributed by atoms with van der Waals surface area (Å²) in [6.07, 6.45) is 1.14. The maximum atomic E-state index is 13.1. The maximum Gasteiger partial charge on any atom is 0.326 e. The molecule has 0 unspecified atom stereocenters. The first-order valence-corrected chi connectivity index (χ1v) is 12.6. The van der Waals surface area contributed by atoms with Gasteiger partial charge in [0.2, 0.25) is 17.7 Å². The van der Waals surface area contributed by atoms with E-state index in [1.54, 1.807) is 0 Å². The van der Waals surface area contributed by atoms with E-state index in [2.05, 4.69) is 20.9 Å². The van der Waals surface area contributed by atoms with E-state index in [1.807, 2.05) is 13.8 Å². The second kappa shape index (κ2) is 18.7. The third kappa shape index (κ3) is 15.6. The van der Waals surface area contributed by atoms with Gasteiger partial charge < -0.3 is 49.1 Å². The number of carbonyl (C=O) groups excluding carboxylic acids is 3. The molecule has 0 aliphatic heterocycles. The minimum absolute atomic E-state index is 0.0341. The van der Waals surface area contributed by atoms with Crippen LogP contribution in [0.3, 0.4) is 0 Å². The third-order valence-electron chi connectivity index (χ3n) is 5.48. The van der Waals surface area contributed by atoms with Crippen LogP contribution >= 0.6 is 0 Å². The number of aliphatic carboxylic acids is 2. The van der Waals surface area contributed by atoms with Gasteiger partial charge in [0, 0.05) is 13.0 Å². The summed E-state index contributed by atoms with van der Waals surface area (Å²) in [5.74, 6) is -4.64. The van der Waals surface area contributed by atoms with Gasteiger partial charge in [0.25, 0.3) is 0 Å². The minimum atomic E-state index is -1.28. The van der Waals surface area contributed by atoms with Crippen molar-refractivity contribution in [2.75, 3.05) is 13.1 Å². The Morgan fingerprint density at radius 2 is 1.32 bits per heavy atom. The number of unbranched alkanes of at least 4 members (excludes halogenated alkanes) is 1. The molecule has 218 valence electrons. The van der Waals surface area contributed by atoms with Crippen molar-refractivity contribution in [3.05, 3.63) is 0 Å². The fourth-order valence-corrected chi connectivity index (χ4v) is 3.50. The van der Waals surface area contributed by atoms with Crippen LogP contribution in [0.1, 0.15) is 65.2 Å². The van der Waals surface area contributed by atoms with Gasteiger partial charge in [0.05, 0.1) is 6.04 Å². The van der Waals surface area contributed by atoms with E-state index in [0.717, 1.165) is 0 Å². The highest BCUT2D eigenvalue weighted by Gasteiger charge is 2.30. The average molecular weight is 545 g/mol. The molecule has 3 amide bonds. The summed E-state index contributed by atoms with van der Waals surface area (Å²) in [4.78, 5) is 65.1. The first kappa shape index (κ1) is 34.5. The van der Waals surface area contributed by atoms with Crippen LogP contribution < -0.4 is 38.9 Å². The van der Waals surface area contributed by atoms with Gasteiger partial charge in [-0.2, -0.15) is 0 Å². The Labute approximate surface area is 222 Å². The summed E-state index contributed by atoms with van der Waals surface area (Å²) in [5.41, 5.74) is 21.9. The molecule has 15 nitrogen and oxygen atoms in total. The molecule has 0 aromatic carbocycles. The Bertz CT molecular complexity index is 818. The molecule has 0 radical (unpaired) electrons. The van der Waals surface area contributed by atoms with Crippen LogP contribution in [0.4, 0.5) is 0 Å². The number of amides is 3. The quantitative estimate of drug-likeness (QED) is 0.0456. The van der Waals surface area contributed by atoms with E-state index in [-0.39, 0.29) is 44.1 Å². The Morgan fingerprint density at radius 3 is 1.82 bits per heavy atom. The molecule has 15 heteroatoms. The first-order valence-electron chi connectivity index (χ1n) is 12.6. The number of carbonyl (C=O) groups is 5. The number of nitrogens with zero attached hydrogens (tertiary/aromatic N) is 1. The predicted octanol–water partition coefficient (Wildman–Crippen LogP) is -2.05. The monoisotopic (exact) mass is 544 g/mol. The lowest BCUT2D eigenvalue weighted by atomic mass is 10.0. The summed E-state index contributed by atoms with van der Waals surface area (Å²) in [5, 5.41) is 26.0. The van der Waals surface area contributed by atoms with Gasteiger partial charge in [0.15, 0.2) is 5.96 Å². The zero-order valence-electron chi connectivity index (χ0n) is 22.2. The molecule has 0 aliphatic carbocycles. The highest BCUT2D eigenvalue weighted by molar-refractivity contribution is 5.94. The first-order chi connectivity index (χ1) is 17.8. The highest BCUT2D eigenvalue weighted by Crippen LogP contribution is 2.08. The van der Waals surface area contributed by atoms with Gasteiger partial charge in [-0.1, -0.05) is 13.8 Å². The molecule has 0 saturated carbocycles. The maximum absolute atomic E-state index is 13.1. The van der Waals surface area contributed by atoms with Gasteiger partial charge in [0.1, 0.15) is 18.1 Å². The SMILES string of the molecule is CC(C)C[C@H](N)C(=O)N[C@@H](CCC(=O)O)C(=O)N[C@@H](CCCCN)C(=O)N[C@@H](CCCN=C(N)N)C(=O)O. The molecule has 0 aromatic rings. The zero-order valence-corrected chi connectivity index (χ0v) is 22.2. The lowest BCUT2D eigenvalue weighted by Gasteiger charge is -2.25. The Kier molecular flexibility index (Phi) is 17.0. The normalized spacial score (nSPS) is 14.0. The number of nitrogens with one attached hydrogen (secondary N) is 3. The van der Waals surface area contributed by atoms with Crippen molar-refractivity contribution in [1.82, 2.24) is 16.0 Å². The summed E-state index contributed by atoms with van der Waals surface area (Å²) in [6, 6.07) is -4.59. The van der Waals surface area contributed by atoms with E-state index in [9.17, 15) is 29.1 Å². The molecule has 0 bridgehead atoms. The van der Waals surface area contributed by atoms with Crippen molar-refractivity contribution in [3.63, 3.8) is 0 Å². The number of hydrogen-bond acceptors (Lipinski definition) is 8. The lowest BCUT2D eigenvalue weighted by molar-refractivity contribution is -0.142. The number of nitrogens with two attached hydrogens (primary N) is 4. The number of guanidine groups is 1. The molecule has 0 spiro atoms. The Balaban J connectivity index is 5.56. The molecule has 0 saturated heterocycles. The summed E-state index contributed by atoms with van der Waals surface area (Å²) in [6.45, 7) is 4.26. The summed E-state index contributed by atoms with van der Waals surface area (Å²) < 4.78 is 0. The topological polar surface area (TPSA) is 278 Å². The van der Waals surface area contributed by atoms with Crippen LogP contribution in [0.2, 0.25) is 0 Å². The molecule has 4 atom stereocenters. The van der Waals surface area contributed by atoms with Crippen molar-refractivity contribution in [2.24, 2.45) is 33.8 Å². The smallest absolute Gasteiger partial charge is 0.326 e. The van der Waals surface area contributed by atoms with E-state index >= 15 is 0 Å².